The second-order valence-electron chi connectivity index (χ2n) is 10.6. The fourth-order valence-corrected chi connectivity index (χ4v) is 6.20. The number of para-hydroxylation sites is 2. The van der Waals surface area contributed by atoms with Gasteiger partial charge in [-0.05, 0) is 47.7 Å². The lowest BCUT2D eigenvalue weighted by molar-refractivity contribution is 0.673. The maximum absolute atomic E-state index is 6.49. The van der Waals surface area contributed by atoms with Gasteiger partial charge >= 0.3 is 0 Å². The number of fused-ring (bicyclic) bond motifs is 7. The first-order chi connectivity index (χ1) is 19.2. The third-order valence-electron chi connectivity index (χ3n) is 8.06. The van der Waals surface area contributed by atoms with Crippen LogP contribution in [0.25, 0.3) is 43.7 Å². The molecule has 0 bridgehead atoms. The van der Waals surface area contributed by atoms with E-state index in [9.17, 15) is 0 Å². The highest BCUT2D eigenvalue weighted by Gasteiger charge is 2.26. The first-order valence-electron chi connectivity index (χ1n) is 13.7. The molecule has 1 aliphatic heterocycles. The zero-order chi connectivity index (χ0) is 25.9. The van der Waals surface area contributed by atoms with Crippen molar-refractivity contribution in [3.8, 4) is 0 Å². The van der Waals surface area contributed by atoms with Crippen LogP contribution in [-0.2, 0) is 0 Å². The van der Waals surface area contributed by atoms with Gasteiger partial charge in [-0.15, -0.1) is 0 Å². The number of allylic oxidation sites excluding steroid dienone is 4. The number of nitrogens with zero attached hydrogens (tertiary/aromatic N) is 3. The van der Waals surface area contributed by atoms with E-state index in [0.29, 0.717) is 5.92 Å². The Morgan fingerprint density at radius 1 is 0.795 bits per heavy atom. The second kappa shape index (κ2) is 8.67. The molecule has 0 spiro atoms. The summed E-state index contributed by atoms with van der Waals surface area (Å²) in [5.41, 5.74) is 7.46. The lowest BCUT2D eigenvalue weighted by Gasteiger charge is -2.24. The van der Waals surface area contributed by atoms with Crippen LogP contribution in [0.3, 0.4) is 0 Å². The van der Waals surface area contributed by atoms with Gasteiger partial charge < -0.3 is 4.42 Å². The van der Waals surface area contributed by atoms with Crippen molar-refractivity contribution in [1.82, 2.24) is 4.57 Å². The smallest absolute Gasteiger partial charge is 0.230 e. The zero-order valence-corrected chi connectivity index (χ0v) is 21.7. The highest BCUT2D eigenvalue weighted by molar-refractivity contribution is 6.26. The van der Waals surface area contributed by atoms with Crippen molar-refractivity contribution in [3.63, 3.8) is 0 Å². The van der Waals surface area contributed by atoms with Crippen LogP contribution < -0.4 is 0 Å². The van der Waals surface area contributed by atoms with E-state index in [1.54, 1.807) is 0 Å². The van der Waals surface area contributed by atoms with Gasteiger partial charge in [-0.2, -0.15) is 0 Å². The van der Waals surface area contributed by atoms with Crippen molar-refractivity contribution < 1.29 is 4.42 Å². The van der Waals surface area contributed by atoms with Gasteiger partial charge in [-0.25, -0.2) is 9.98 Å². The van der Waals surface area contributed by atoms with Crippen LogP contribution in [-0.4, -0.2) is 16.2 Å². The summed E-state index contributed by atoms with van der Waals surface area (Å²) in [5.74, 6) is 1.22. The fraction of sp³-hybridized carbons (Fsp3) is 0.143. The molecule has 2 aliphatic rings. The van der Waals surface area contributed by atoms with E-state index < -0.39 is 0 Å². The Hall–Kier alpha value is -4.70. The normalized spacial score (nSPS) is 19.6. The molecule has 0 amide bonds. The first kappa shape index (κ1) is 22.3. The molecule has 188 valence electrons. The van der Waals surface area contributed by atoms with Gasteiger partial charge in [0.15, 0.2) is 0 Å². The quantitative estimate of drug-likeness (QED) is 0.231. The van der Waals surface area contributed by atoms with E-state index in [1.165, 1.54) is 11.1 Å². The average molecular weight is 506 g/mol. The number of furan rings is 1. The van der Waals surface area contributed by atoms with Crippen LogP contribution in [0.2, 0.25) is 0 Å². The maximum atomic E-state index is 6.49. The summed E-state index contributed by atoms with van der Waals surface area (Å²) in [6.07, 6.45) is 8.70. The number of aliphatic imine (C=N–C) groups is 2. The minimum absolute atomic E-state index is 0.00798. The van der Waals surface area contributed by atoms with Crippen molar-refractivity contribution in [2.75, 3.05) is 0 Å². The summed E-state index contributed by atoms with van der Waals surface area (Å²) < 4.78 is 8.71. The highest BCUT2D eigenvalue weighted by Crippen LogP contribution is 2.40. The van der Waals surface area contributed by atoms with Crippen LogP contribution in [0.5, 0.6) is 0 Å². The summed E-state index contributed by atoms with van der Waals surface area (Å²) >= 11 is 0. The molecular formula is C35H27N3O. The average Bonchev–Trinajstić information content (AvgIpc) is 3.53. The SMILES string of the molecule is C[C@H]1C=C(C2=NC(n3c4ccccc4c4c5oc6ccccc6c5ccc43)=NC(c3ccccc3)C2)C=CC1. The minimum Gasteiger partial charge on any atom is -0.455 e. The van der Waals surface area contributed by atoms with Gasteiger partial charge in [0.2, 0.25) is 5.96 Å². The summed E-state index contributed by atoms with van der Waals surface area (Å²) in [6, 6.07) is 31.7. The largest absolute Gasteiger partial charge is 0.455 e. The lowest BCUT2D eigenvalue weighted by Crippen LogP contribution is -2.22. The summed E-state index contributed by atoms with van der Waals surface area (Å²) in [7, 11) is 0. The number of rotatable bonds is 2. The molecule has 0 N–H and O–H groups in total. The van der Waals surface area contributed by atoms with Crippen LogP contribution >= 0.6 is 0 Å². The highest BCUT2D eigenvalue weighted by atomic mass is 16.3. The van der Waals surface area contributed by atoms with Crippen LogP contribution in [0, 0.1) is 5.92 Å². The first-order valence-corrected chi connectivity index (χ1v) is 13.7. The van der Waals surface area contributed by atoms with E-state index >= 15 is 0 Å². The lowest BCUT2D eigenvalue weighted by atomic mass is 9.91. The Kier molecular flexibility index (Phi) is 4.96. The molecule has 39 heavy (non-hydrogen) atoms. The third kappa shape index (κ3) is 3.52. The molecule has 4 nitrogen and oxygen atoms in total. The molecule has 1 unspecified atom stereocenters. The van der Waals surface area contributed by atoms with Gasteiger partial charge in [0, 0.05) is 22.6 Å². The molecule has 0 saturated heterocycles. The van der Waals surface area contributed by atoms with E-state index in [1.807, 2.05) is 12.1 Å². The molecule has 3 heterocycles. The number of hydrogen-bond donors (Lipinski definition) is 0. The van der Waals surface area contributed by atoms with E-state index in [0.717, 1.165) is 68.3 Å². The van der Waals surface area contributed by atoms with Crippen molar-refractivity contribution in [1.29, 1.82) is 0 Å². The van der Waals surface area contributed by atoms with Crippen LogP contribution in [0.4, 0.5) is 0 Å². The Morgan fingerprint density at radius 3 is 2.46 bits per heavy atom. The monoisotopic (exact) mass is 505 g/mol. The Morgan fingerprint density at radius 2 is 1.59 bits per heavy atom. The summed E-state index contributed by atoms with van der Waals surface area (Å²) in [6.45, 7) is 2.27. The summed E-state index contributed by atoms with van der Waals surface area (Å²) in [4.78, 5) is 10.6. The Balaban J connectivity index is 1.42. The molecule has 4 aromatic carbocycles. The van der Waals surface area contributed by atoms with Gasteiger partial charge in [-0.3, -0.25) is 4.57 Å². The topological polar surface area (TPSA) is 42.8 Å². The number of benzene rings is 4. The molecule has 0 saturated carbocycles. The summed E-state index contributed by atoms with van der Waals surface area (Å²) in [5, 5.41) is 4.51. The molecule has 1 aliphatic carbocycles. The molecule has 0 fully saturated rings. The van der Waals surface area contributed by atoms with Crippen LogP contribution in [0.15, 0.2) is 129 Å². The maximum Gasteiger partial charge on any atom is 0.230 e. The zero-order valence-electron chi connectivity index (χ0n) is 21.7. The Labute approximate surface area is 226 Å². The van der Waals surface area contributed by atoms with Gasteiger partial charge in [0.25, 0.3) is 0 Å². The minimum atomic E-state index is -0.00798. The fourth-order valence-electron chi connectivity index (χ4n) is 6.20. The van der Waals surface area contributed by atoms with Crippen molar-refractivity contribution in [2.24, 2.45) is 15.9 Å². The van der Waals surface area contributed by atoms with Crippen molar-refractivity contribution in [3.05, 3.63) is 120 Å². The standard InChI is InChI=1S/C35H27N3O/c1-22-10-9-13-24(20-22)29-21-28(23-11-3-2-4-12-23)36-35(37-29)38-30-16-7-5-15-27(30)33-31(38)19-18-26-25-14-6-8-17-32(25)39-34(26)33/h2-9,11-20,22,28H,10,21H2,1H3/t22-,28?/m1/s1. The molecule has 2 atom stereocenters. The van der Waals surface area contributed by atoms with Gasteiger partial charge in [0.1, 0.15) is 11.2 Å². The second-order valence-corrected chi connectivity index (χ2v) is 10.6. The van der Waals surface area contributed by atoms with E-state index in [4.69, 9.17) is 14.4 Å². The predicted octanol–water partition coefficient (Wildman–Crippen LogP) is 9.01. The van der Waals surface area contributed by atoms with Gasteiger partial charge in [0.05, 0.1) is 28.2 Å². The Bertz CT molecular complexity index is 2030. The number of aromatic nitrogens is 1. The van der Waals surface area contributed by atoms with Gasteiger partial charge in [-0.1, -0.05) is 91.9 Å². The van der Waals surface area contributed by atoms with E-state index in [2.05, 4.69) is 109 Å². The molecule has 0 radical (unpaired) electrons. The molecule has 4 heteroatoms. The third-order valence-corrected chi connectivity index (χ3v) is 8.06. The van der Waals surface area contributed by atoms with E-state index in [-0.39, 0.29) is 6.04 Å². The molecule has 2 aromatic heterocycles. The predicted molar refractivity (Wildman–Crippen MR) is 162 cm³/mol. The van der Waals surface area contributed by atoms with Crippen LogP contribution in [0.1, 0.15) is 31.4 Å². The van der Waals surface area contributed by atoms with Crippen molar-refractivity contribution in [2.45, 2.75) is 25.8 Å². The molecular weight excluding hydrogens is 478 g/mol. The number of hydrogen-bond acceptors (Lipinski definition) is 3. The molecule has 6 aromatic rings. The van der Waals surface area contributed by atoms with Crippen molar-refractivity contribution >= 4 is 55.4 Å². The molecule has 8 rings (SSSR count).